The molecule has 1 aliphatic heterocycles. The maximum Gasteiger partial charge on any atom is 0.305 e. The number of esters is 1. The van der Waals surface area contributed by atoms with Crippen LogP contribution in [-0.2, 0) is 19.1 Å². The summed E-state index contributed by atoms with van der Waals surface area (Å²) in [5.74, 6) is -1.87. The summed E-state index contributed by atoms with van der Waals surface area (Å²) >= 11 is 0. The zero-order valence-electron chi connectivity index (χ0n) is 19.7. The van der Waals surface area contributed by atoms with Gasteiger partial charge >= 0.3 is 5.97 Å². The lowest BCUT2D eigenvalue weighted by Gasteiger charge is -2.61. The third-order valence-electron chi connectivity index (χ3n) is 9.22. The second-order valence-electron chi connectivity index (χ2n) is 10.8. The number of fused-ring (bicyclic) bond motifs is 4. The molecule has 0 aromatic carbocycles. The second-order valence-corrected chi connectivity index (χ2v) is 10.8. The molecule has 1 saturated heterocycles. The number of ketones is 1. The van der Waals surface area contributed by atoms with Crippen molar-refractivity contribution in [1.82, 2.24) is 0 Å². The molecule has 2 heterocycles. The number of furan rings is 1. The van der Waals surface area contributed by atoms with E-state index in [1.54, 1.807) is 26.4 Å². The van der Waals surface area contributed by atoms with Gasteiger partial charge in [0.2, 0.25) is 0 Å². The number of rotatable bonds is 3. The molecule has 2 N–H and O–H groups in total. The summed E-state index contributed by atoms with van der Waals surface area (Å²) in [4.78, 5) is 26.1. The Bertz CT molecular complexity index is 1050. The zero-order valence-corrected chi connectivity index (χ0v) is 19.7. The molecule has 33 heavy (non-hydrogen) atoms. The van der Waals surface area contributed by atoms with Crippen molar-refractivity contribution in [2.75, 3.05) is 7.11 Å². The molecule has 1 aromatic rings. The molecule has 2 fully saturated rings. The fraction of sp³-hybridized carbons (Fsp3) is 0.615. The van der Waals surface area contributed by atoms with Crippen molar-refractivity contribution in [3.63, 3.8) is 0 Å². The summed E-state index contributed by atoms with van der Waals surface area (Å²) in [5.41, 5.74) is -0.168. The van der Waals surface area contributed by atoms with Crippen LogP contribution in [0.25, 0.3) is 0 Å². The third-order valence-corrected chi connectivity index (χ3v) is 9.22. The minimum atomic E-state index is -1.43. The predicted molar refractivity (Wildman–Crippen MR) is 118 cm³/mol. The Kier molecular flexibility index (Phi) is 4.88. The molecule has 0 bridgehead atoms. The van der Waals surface area contributed by atoms with Gasteiger partial charge in [0.1, 0.15) is 0 Å². The number of methoxy groups -OCH3 is 1. The molecule has 1 aromatic heterocycles. The van der Waals surface area contributed by atoms with Gasteiger partial charge in [-0.15, -0.1) is 0 Å². The van der Waals surface area contributed by atoms with E-state index in [2.05, 4.69) is 6.92 Å². The number of aliphatic hydroxyl groups excluding tert-OH is 1. The molecule has 1 saturated carbocycles. The van der Waals surface area contributed by atoms with Crippen LogP contribution in [-0.4, -0.2) is 53.0 Å². The fourth-order valence-electron chi connectivity index (χ4n) is 7.85. The van der Waals surface area contributed by atoms with E-state index >= 15 is 0 Å². The van der Waals surface area contributed by atoms with Gasteiger partial charge in [0, 0.05) is 22.7 Å². The first-order chi connectivity index (χ1) is 15.5. The maximum absolute atomic E-state index is 13.5. The Morgan fingerprint density at radius 1 is 1.27 bits per heavy atom. The number of ether oxygens (including phenoxy) is 2. The van der Waals surface area contributed by atoms with Gasteiger partial charge in [-0.1, -0.05) is 19.4 Å². The number of carbonyl (C=O) groups is 2. The van der Waals surface area contributed by atoms with Crippen LogP contribution >= 0.6 is 0 Å². The monoisotopic (exact) mass is 456 g/mol. The molecule has 5 rings (SSSR count). The van der Waals surface area contributed by atoms with E-state index in [1.807, 2.05) is 13.0 Å². The number of hydrogen-bond donors (Lipinski definition) is 2. The van der Waals surface area contributed by atoms with Crippen LogP contribution in [0, 0.1) is 22.7 Å². The molecular formula is C26H32O7. The van der Waals surface area contributed by atoms with Crippen molar-refractivity contribution in [1.29, 1.82) is 0 Å². The first-order valence-electron chi connectivity index (χ1n) is 11.6. The standard InChI is InChI=1S/C26H32O7/c1-13-15(14-7-9-32-12-14)10-16-20(13)26(4)17(11-19(28)31-5)25(3)18(27)6-8-24(2,30)22(25)21(29)23(26)33-16/h6-9,12,15-17,21-23,29-30H,10-11H2,1-5H3/t15-,16+,17-,21-,22-,23-,24-,25+,26-/m1/s1. The number of allylic oxidation sites excluding steroid dienone is 2. The first-order valence-corrected chi connectivity index (χ1v) is 11.6. The van der Waals surface area contributed by atoms with Gasteiger partial charge in [-0.05, 0) is 55.5 Å². The van der Waals surface area contributed by atoms with Crippen LogP contribution < -0.4 is 0 Å². The Morgan fingerprint density at radius 3 is 2.64 bits per heavy atom. The molecule has 0 amide bonds. The average Bonchev–Trinajstić information content (AvgIpc) is 3.45. The third kappa shape index (κ3) is 2.79. The molecule has 7 heteroatoms. The number of hydrogen-bond acceptors (Lipinski definition) is 7. The van der Waals surface area contributed by atoms with Crippen molar-refractivity contribution >= 4 is 11.8 Å². The minimum Gasteiger partial charge on any atom is -0.472 e. The van der Waals surface area contributed by atoms with Crippen LogP contribution in [0.5, 0.6) is 0 Å². The van der Waals surface area contributed by atoms with E-state index in [0.29, 0.717) is 6.42 Å². The van der Waals surface area contributed by atoms with Gasteiger partial charge in [0.15, 0.2) is 5.78 Å². The first kappa shape index (κ1) is 22.6. The van der Waals surface area contributed by atoms with Crippen LogP contribution in [0.3, 0.4) is 0 Å². The Labute approximate surface area is 193 Å². The summed E-state index contributed by atoms with van der Waals surface area (Å²) < 4.78 is 16.9. The smallest absolute Gasteiger partial charge is 0.305 e. The highest BCUT2D eigenvalue weighted by molar-refractivity contribution is 5.97. The highest BCUT2D eigenvalue weighted by atomic mass is 16.5. The van der Waals surface area contributed by atoms with Gasteiger partial charge in [0.25, 0.3) is 0 Å². The number of carbonyl (C=O) groups excluding carboxylic acids is 2. The average molecular weight is 457 g/mol. The van der Waals surface area contributed by atoms with E-state index in [1.165, 1.54) is 19.3 Å². The molecule has 3 aliphatic carbocycles. The van der Waals surface area contributed by atoms with Gasteiger partial charge < -0.3 is 24.1 Å². The predicted octanol–water partition coefficient (Wildman–Crippen LogP) is 2.92. The lowest BCUT2D eigenvalue weighted by molar-refractivity contribution is -0.222. The maximum atomic E-state index is 13.5. The van der Waals surface area contributed by atoms with E-state index in [4.69, 9.17) is 13.9 Å². The molecule has 0 radical (unpaired) electrons. The fourth-order valence-corrected chi connectivity index (χ4v) is 7.85. The second kappa shape index (κ2) is 7.14. The molecule has 7 nitrogen and oxygen atoms in total. The molecule has 0 spiro atoms. The summed E-state index contributed by atoms with van der Waals surface area (Å²) in [6, 6.07) is 1.95. The molecule has 9 atom stereocenters. The van der Waals surface area contributed by atoms with Crippen LogP contribution in [0.1, 0.15) is 52.0 Å². The largest absolute Gasteiger partial charge is 0.472 e. The summed E-state index contributed by atoms with van der Waals surface area (Å²) in [7, 11) is 1.33. The van der Waals surface area contributed by atoms with Gasteiger partial charge in [0.05, 0.1) is 50.0 Å². The van der Waals surface area contributed by atoms with E-state index < -0.39 is 46.4 Å². The Balaban J connectivity index is 1.71. The van der Waals surface area contributed by atoms with Crippen molar-refractivity contribution in [2.45, 2.75) is 70.4 Å². The SMILES string of the molecule is COC(=O)C[C@H]1[C@]2(C)C3=C(C)[C@H](c4ccoc4)C[C@@H]3O[C@@H]2[C@H](O)[C@H]2[C@]1(C)C(=O)C=C[C@@]2(C)O. The summed E-state index contributed by atoms with van der Waals surface area (Å²) in [6.07, 6.45) is 4.95. The van der Waals surface area contributed by atoms with Crippen molar-refractivity contribution < 1.29 is 33.7 Å². The van der Waals surface area contributed by atoms with Gasteiger partial charge in [-0.2, -0.15) is 0 Å². The Morgan fingerprint density at radius 2 is 2.00 bits per heavy atom. The number of aliphatic hydroxyl groups is 2. The van der Waals surface area contributed by atoms with Gasteiger partial charge in [-0.3, -0.25) is 9.59 Å². The highest BCUT2D eigenvalue weighted by Gasteiger charge is 2.73. The van der Waals surface area contributed by atoms with E-state index in [0.717, 1.165) is 16.7 Å². The lowest BCUT2D eigenvalue weighted by Crippen LogP contribution is -2.69. The Hall–Kier alpha value is -2.22. The minimum absolute atomic E-state index is 0.0118. The molecule has 0 unspecified atom stereocenters. The summed E-state index contributed by atoms with van der Waals surface area (Å²) in [6.45, 7) is 7.46. The normalized spacial score (nSPS) is 46.2. The van der Waals surface area contributed by atoms with E-state index in [9.17, 15) is 19.8 Å². The highest BCUT2D eigenvalue weighted by Crippen LogP contribution is 2.68. The molecule has 4 aliphatic rings. The lowest BCUT2D eigenvalue weighted by atomic mass is 9.43. The summed E-state index contributed by atoms with van der Waals surface area (Å²) in [5, 5.41) is 22.9. The van der Waals surface area contributed by atoms with Crippen molar-refractivity contribution in [2.24, 2.45) is 22.7 Å². The van der Waals surface area contributed by atoms with Gasteiger partial charge in [-0.25, -0.2) is 0 Å². The molecule has 178 valence electrons. The van der Waals surface area contributed by atoms with Crippen LogP contribution in [0.2, 0.25) is 0 Å². The topological polar surface area (TPSA) is 106 Å². The van der Waals surface area contributed by atoms with Crippen LogP contribution in [0.15, 0.2) is 46.3 Å². The van der Waals surface area contributed by atoms with E-state index in [-0.39, 0.29) is 24.2 Å². The van der Waals surface area contributed by atoms with Crippen molar-refractivity contribution in [3.8, 4) is 0 Å². The molecular weight excluding hydrogens is 424 g/mol. The van der Waals surface area contributed by atoms with Crippen molar-refractivity contribution in [3.05, 3.63) is 47.5 Å². The zero-order chi connectivity index (χ0) is 23.9. The van der Waals surface area contributed by atoms with Crippen LogP contribution in [0.4, 0.5) is 0 Å². The quantitative estimate of drug-likeness (QED) is 0.532.